The number of nitrogens with zero attached hydrogens (tertiary/aromatic N) is 2. The van der Waals surface area contributed by atoms with Gasteiger partial charge in [0, 0.05) is 22.4 Å². The Balaban J connectivity index is 1.91. The maximum atomic E-state index is 9.99. The minimum absolute atomic E-state index is 0.154. The molecule has 2 aromatic rings. The van der Waals surface area contributed by atoms with E-state index in [1.165, 1.54) is 48.8 Å². The van der Waals surface area contributed by atoms with Gasteiger partial charge in [0.1, 0.15) is 0 Å². The first-order chi connectivity index (χ1) is 15.9. The molecule has 1 N–H and O–H groups in total. The highest BCUT2D eigenvalue weighted by atomic mass is 127. The van der Waals surface area contributed by atoms with E-state index in [0.717, 1.165) is 10.8 Å². The summed E-state index contributed by atoms with van der Waals surface area (Å²) in [6.07, 6.45) is 7.12. The molecule has 0 amide bonds. The Morgan fingerprint density at radius 2 is 1.70 bits per heavy atom. The summed E-state index contributed by atoms with van der Waals surface area (Å²) in [6, 6.07) is 22.2. The number of rotatable bonds is 9. The highest BCUT2D eigenvalue weighted by molar-refractivity contribution is 14.1. The van der Waals surface area contributed by atoms with E-state index in [0.29, 0.717) is 11.5 Å². The van der Waals surface area contributed by atoms with Gasteiger partial charge in [-0.2, -0.15) is 10.5 Å². The average Bonchev–Trinajstić information content (AvgIpc) is 2.86. The smallest absolute Gasteiger partial charge is 0.0991 e. The van der Waals surface area contributed by atoms with Crippen LogP contribution in [0.15, 0.2) is 48.5 Å². The van der Waals surface area contributed by atoms with Gasteiger partial charge in [-0.25, -0.2) is 0 Å². The number of benzene rings is 2. The molecule has 1 aliphatic carbocycles. The van der Waals surface area contributed by atoms with Crippen LogP contribution in [0.25, 0.3) is 0 Å². The van der Waals surface area contributed by atoms with Crippen LogP contribution in [0.4, 0.5) is 0 Å². The third kappa shape index (κ3) is 6.81. The average molecular weight is 554 g/mol. The maximum Gasteiger partial charge on any atom is 0.0991 e. The Bertz CT molecular complexity index is 977. The number of hydrogen-bond acceptors (Lipinski definition) is 3. The molecule has 0 saturated heterocycles. The summed E-state index contributed by atoms with van der Waals surface area (Å²) < 4.78 is 1.01. The zero-order valence-electron chi connectivity index (χ0n) is 20.2. The number of alkyl halides is 1. The van der Waals surface area contributed by atoms with Gasteiger partial charge in [0.25, 0.3) is 0 Å². The van der Waals surface area contributed by atoms with Gasteiger partial charge in [0.15, 0.2) is 0 Å². The molecule has 1 fully saturated rings. The monoisotopic (exact) mass is 553 g/mol. The van der Waals surface area contributed by atoms with Crippen LogP contribution < -0.4 is 5.32 Å². The molecule has 33 heavy (non-hydrogen) atoms. The van der Waals surface area contributed by atoms with Gasteiger partial charge < -0.3 is 5.32 Å². The van der Waals surface area contributed by atoms with Crippen molar-refractivity contribution < 1.29 is 0 Å². The molecule has 0 aliphatic heterocycles. The molecule has 0 radical (unpaired) electrons. The molecule has 0 heterocycles. The normalized spacial score (nSPS) is 17.5. The lowest BCUT2D eigenvalue weighted by Gasteiger charge is -2.41. The van der Waals surface area contributed by atoms with Crippen molar-refractivity contribution in [3.05, 3.63) is 70.8 Å². The molecule has 1 saturated carbocycles. The lowest BCUT2D eigenvalue weighted by Crippen LogP contribution is -2.52. The summed E-state index contributed by atoms with van der Waals surface area (Å²) >= 11 is 2.40. The van der Waals surface area contributed by atoms with Gasteiger partial charge >= 0.3 is 0 Å². The molecule has 0 spiro atoms. The largest absolute Gasteiger partial charge is 0.309 e. The molecular weight excluding hydrogens is 517 g/mol. The van der Waals surface area contributed by atoms with Crippen LogP contribution in [0.2, 0.25) is 0 Å². The molecule has 0 aromatic heterocycles. The van der Waals surface area contributed by atoms with E-state index in [4.69, 9.17) is 0 Å². The molecule has 4 heteroatoms. The van der Waals surface area contributed by atoms with Crippen LogP contribution in [-0.2, 0) is 10.8 Å². The maximum absolute atomic E-state index is 9.99. The standard InChI is InChI=1S/C29H36IN3/c1-21(33-28(29(2,3)20-32)25-9-5-4-6-10-25)27(26-11-7-8-24(16-26)19-31)17-22-12-14-23(18-30)15-13-22/h7-8,11-16,21,25,27-28,33H,4-6,9-10,17-18H2,1-3H3/t21-,27+,28?/m0/s1. The Morgan fingerprint density at radius 3 is 2.30 bits per heavy atom. The Morgan fingerprint density at radius 1 is 1.03 bits per heavy atom. The minimum Gasteiger partial charge on any atom is -0.309 e. The van der Waals surface area contributed by atoms with Crippen LogP contribution in [0.1, 0.15) is 81.0 Å². The first-order valence-electron chi connectivity index (χ1n) is 12.2. The lowest BCUT2D eigenvalue weighted by molar-refractivity contribution is 0.165. The highest BCUT2D eigenvalue weighted by Crippen LogP contribution is 2.36. The van der Waals surface area contributed by atoms with Gasteiger partial charge in [0.2, 0.25) is 0 Å². The summed E-state index contributed by atoms with van der Waals surface area (Å²) in [4.78, 5) is 0. The fourth-order valence-corrected chi connectivity index (χ4v) is 5.82. The van der Waals surface area contributed by atoms with E-state index in [2.05, 4.69) is 91.1 Å². The fourth-order valence-electron chi connectivity index (χ4n) is 5.31. The molecule has 3 nitrogen and oxygen atoms in total. The van der Waals surface area contributed by atoms with Crippen molar-refractivity contribution >= 4 is 22.6 Å². The third-order valence-corrected chi connectivity index (χ3v) is 8.19. The number of nitriles is 2. The predicted octanol–water partition coefficient (Wildman–Crippen LogP) is 7.30. The molecule has 1 unspecified atom stereocenters. The van der Waals surface area contributed by atoms with Gasteiger partial charge in [-0.15, -0.1) is 0 Å². The quantitative estimate of drug-likeness (QED) is 0.262. The second kappa shape index (κ2) is 12.0. The lowest BCUT2D eigenvalue weighted by atomic mass is 9.72. The second-order valence-corrected chi connectivity index (χ2v) is 10.9. The van der Waals surface area contributed by atoms with E-state index < -0.39 is 5.41 Å². The minimum atomic E-state index is -0.433. The molecule has 0 bridgehead atoms. The van der Waals surface area contributed by atoms with Crippen LogP contribution >= 0.6 is 22.6 Å². The number of nitrogens with one attached hydrogen (secondary N) is 1. The van der Waals surface area contributed by atoms with Crippen LogP contribution in [0.5, 0.6) is 0 Å². The summed E-state index contributed by atoms with van der Waals surface area (Å²) in [5.74, 6) is 0.745. The zero-order valence-corrected chi connectivity index (χ0v) is 22.3. The number of halogens is 1. The van der Waals surface area contributed by atoms with E-state index in [-0.39, 0.29) is 18.0 Å². The van der Waals surface area contributed by atoms with Crippen molar-refractivity contribution in [1.29, 1.82) is 10.5 Å². The van der Waals surface area contributed by atoms with E-state index >= 15 is 0 Å². The molecule has 1 aliphatic rings. The molecule has 3 atom stereocenters. The predicted molar refractivity (Wildman–Crippen MR) is 144 cm³/mol. The van der Waals surface area contributed by atoms with Crippen LogP contribution in [0.3, 0.4) is 0 Å². The first kappa shape index (κ1) is 25.7. The Kier molecular flexibility index (Phi) is 9.36. The van der Waals surface area contributed by atoms with Crippen LogP contribution in [-0.4, -0.2) is 12.1 Å². The van der Waals surface area contributed by atoms with E-state index in [9.17, 15) is 10.5 Å². The molecule has 2 aromatic carbocycles. The van der Waals surface area contributed by atoms with Crippen molar-refractivity contribution in [2.24, 2.45) is 11.3 Å². The van der Waals surface area contributed by atoms with Crippen LogP contribution in [0, 0.1) is 34.0 Å². The summed E-state index contributed by atoms with van der Waals surface area (Å²) in [5, 5.41) is 23.4. The fraction of sp³-hybridized carbons (Fsp3) is 0.517. The van der Waals surface area contributed by atoms with Crippen molar-refractivity contribution in [2.45, 2.75) is 81.7 Å². The Labute approximate surface area is 213 Å². The van der Waals surface area contributed by atoms with Crippen molar-refractivity contribution in [1.82, 2.24) is 5.32 Å². The molecule has 174 valence electrons. The van der Waals surface area contributed by atoms with Crippen molar-refractivity contribution in [3.63, 3.8) is 0 Å². The van der Waals surface area contributed by atoms with Crippen molar-refractivity contribution in [2.75, 3.05) is 0 Å². The zero-order chi connectivity index (χ0) is 23.8. The summed E-state index contributed by atoms with van der Waals surface area (Å²) in [7, 11) is 0. The van der Waals surface area contributed by atoms with E-state index in [1.807, 2.05) is 18.2 Å². The van der Waals surface area contributed by atoms with E-state index in [1.54, 1.807) is 0 Å². The molecular formula is C29H36IN3. The highest BCUT2D eigenvalue weighted by Gasteiger charge is 2.38. The van der Waals surface area contributed by atoms with Crippen molar-refractivity contribution in [3.8, 4) is 12.1 Å². The molecule has 3 rings (SSSR count). The second-order valence-electron chi connectivity index (χ2n) is 10.2. The van der Waals surface area contributed by atoms with Gasteiger partial charge in [-0.1, -0.05) is 78.3 Å². The van der Waals surface area contributed by atoms with Gasteiger partial charge in [0.05, 0.1) is 23.1 Å². The van der Waals surface area contributed by atoms with Gasteiger partial charge in [-0.05, 0) is 74.8 Å². The van der Waals surface area contributed by atoms with Gasteiger partial charge in [-0.3, -0.25) is 0 Å². The topological polar surface area (TPSA) is 59.6 Å². The summed E-state index contributed by atoms with van der Waals surface area (Å²) in [6.45, 7) is 6.42. The SMILES string of the molecule is C[C@H](NC(C1CCCCC1)C(C)(C)C#N)[C@@H](Cc1ccc(CI)cc1)c1cccc(C#N)c1. The third-order valence-electron chi connectivity index (χ3n) is 7.31. The first-order valence-corrected chi connectivity index (χ1v) is 13.7. The summed E-state index contributed by atoms with van der Waals surface area (Å²) in [5.41, 5.74) is 4.09. The number of hydrogen-bond donors (Lipinski definition) is 1. The Hall–Kier alpha value is -1.89.